The lowest BCUT2D eigenvalue weighted by Gasteiger charge is -2.29. The largest absolute Gasteiger partial charge is 0.508 e. The highest BCUT2D eigenvalue weighted by Gasteiger charge is 2.34. The molecule has 1 rings (SSSR count). The second kappa shape index (κ2) is 16.1. The third kappa shape index (κ3) is 10.6. The number of hydrogen-bond donors (Lipinski definition) is 6. The molecule has 0 radical (unpaired) electrons. The van der Waals surface area contributed by atoms with Crippen LogP contribution in [0.5, 0.6) is 5.75 Å². The van der Waals surface area contributed by atoms with Crippen molar-refractivity contribution in [1.29, 1.82) is 0 Å². The summed E-state index contributed by atoms with van der Waals surface area (Å²) in [5.41, 5.74) is 6.68. The molecule has 7 N–H and O–H groups in total. The lowest BCUT2D eigenvalue weighted by Crippen LogP contribution is -2.59. The fourth-order valence-electron chi connectivity index (χ4n) is 3.61. The smallest absolute Gasteiger partial charge is 0.326 e. The molecular weight excluding hydrogens is 496 g/mol. The Morgan fingerprint density at radius 1 is 0.892 bits per heavy atom. The summed E-state index contributed by atoms with van der Waals surface area (Å²) >= 11 is 1.55. The van der Waals surface area contributed by atoms with E-state index in [0.29, 0.717) is 30.6 Å². The van der Waals surface area contributed by atoms with E-state index in [-0.39, 0.29) is 24.0 Å². The van der Waals surface area contributed by atoms with Crippen molar-refractivity contribution in [3.05, 3.63) is 29.8 Å². The minimum Gasteiger partial charge on any atom is -0.508 e. The number of carboxylic acids is 1. The predicted octanol–water partition coefficient (Wildman–Crippen LogP) is 1.65. The first-order valence-corrected chi connectivity index (χ1v) is 14.0. The van der Waals surface area contributed by atoms with Crippen molar-refractivity contribution < 1.29 is 29.4 Å². The molecule has 0 fully saturated rings. The van der Waals surface area contributed by atoms with E-state index in [0.717, 1.165) is 0 Å². The summed E-state index contributed by atoms with van der Waals surface area (Å²) in [6, 6.07) is 2.29. The van der Waals surface area contributed by atoms with E-state index >= 15 is 0 Å². The van der Waals surface area contributed by atoms with Crippen LogP contribution in [0.15, 0.2) is 24.3 Å². The predicted molar refractivity (Wildman–Crippen MR) is 145 cm³/mol. The van der Waals surface area contributed by atoms with E-state index in [1.54, 1.807) is 37.7 Å². The molecule has 0 spiro atoms. The van der Waals surface area contributed by atoms with E-state index in [1.807, 2.05) is 20.1 Å². The first-order chi connectivity index (χ1) is 17.4. The molecule has 1 aromatic rings. The van der Waals surface area contributed by atoms with Crippen LogP contribution in [-0.2, 0) is 25.6 Å². The number of benzene rings is 1. The number of aliphatic carboxylic acids is 1. The molecular formula is C26H42N4O6S. The minimum atomic E-state index is -1.14. The van der Waals surface area contributed by atoms with Crippen LogP contribution in [0.1, 0.15) is 52.5 Å². The summed E-state index contributed by atoms with van der Waals surface area (Å²) in [7, 11) is 0. The van der Waals surface area contributed by atoms with Crippen LogP contribution in [0.25, 0.3) is 0 Å². The zero-order valence-corrected chi connectivity index (χ0v) is 23.1. The Morgan fingerprint density at radius 2 is 1.43 bits per heavy atom. The van der Waals surface area contributed by atoms with Gasteiger partial charge in [0.2, 0.25) is 17.7 Å². The van der Waals surface area contributed by atoms with Crippen molar-refractivity contribution in [2.45, 2.75) is 77.5 Å². The van der Waals surface area contributed by atoms with E-state index in [4.69, 9.17) is 5.73 Å². The molecule has 6 atom stereocenters. The van der Waals surface area contributed by atoms with Gasteiger partial charge in [0.1, 0.15) is 23.9 Å². The number of carbonyl (C=O) groups excluding carboxylic acids is 3. The maximum atomic E-state index is 13.4. The van der Waals surface area contributed by atoms with Crippen molar-refractivity contribution >= 4 is 35.5 Å². The summed E-state index contributed by atoms with van der Waals surface area (Å²) in [6.45, 7) is 7.22. The van der Waals surface area contributed by atoms with Crippen molar-refractivity contribution in [2.75, 3.05) is 12.0 Å². The highest BCUT2D eigenvalue weighted by atomic mass is 32.2. The van der Waals surface area contributed by atoms with Crippen LogP contribution in [0.2, 0.25) is 0 Å². The second-order valence-corrected chi connectivity index (χ2v) is 10.4. The quantitative estimate of drug-likeness (QED) is 0.184. The highest BCUT2D eigenvalue weighted by molar-refractivity contribution is 7.98. The monoisotopic (exact) mass is 538 g/mol. The van der Waals surface area contributed by atoms with Gasteiger partial charge in [0, 0.05) is 6.42 Å². The van der Waals surface area contributed by atoms with Crippen LogP contribution in [-0.4, -0.2) is 70.1 Å². The number of carbonyl (C=O) groups is 4. The number of nitrogens with two attached hydrogens (primary N) is 1. The molecule has 0 saturated carbocycles. The number of rotatable bonds is 16. The number of phenolic OH excluding ortho intramolecular Hbond substituents is 1. The van der Waals surface area contributed by atoms with Gasteiger partial charge in [-0.1, -0.05) is 52.7 Å². The Morgan fingerprint density at radius 3 is 1.95 bits per heavy atom. The summed E-state index contributed by atoms with van der Waals surface area (Å²) in [6.07, 6.45) is 3.54. The van der Waals surface area contributed by atoms with Gasteiger partial charge in [-0.05, 0) is 48.0 Å². The molecule has 0 aliphatic carbocycles. The average Bonchev–Trinajstić information content (AvgIpc) is 2.88. The topological polar surface area (TPSA) is 171 Å². The van der Waals surface area contributed by atoms with Crippen molar-refractivity contribution in [2.24, 2.45) is 17.6 Å². The second-order valence-electron chi connectivity index (χ2n) is 9.40. The number of thioether (sulfide) groups is 1. The fraction of sp³-hybridized carbons (Fsp3) is 0.615. The summed E-state index contributed by atoms with van der Waals surface area (Å²) in [4.78, 5) is 51.0. The van der Waals surface area contributed by atoms with E-state index in [9.17, 15) is 29.4 Å². The Kier molecular flexibility index (Phi) is 14.1. The Labute approximate surface area is 223 Å². The molecule has 11 heteroatoms. The summed E-state index contributed by atoms with van der Waals surface area (Å²) in [5, 5.41) is 27.2. The van der Waals surface area contributed by atoms with Gasteiger partial charge >= 0.3 is 5.97 Å². The van der Waals surface area contributed by atoms with Crippen molar-refractivity contribution in [3.8, 4) is 5.75 Å². The maximum Gasteiger partial charge on any atom is 0.326 e. The van der Waals surface area contributed by atoms with Gasteiger partial charge in [0.05, 0.1) is 6.04 Å². The lowest BCUT2D eigenvalue weighted by molar-refractivity contribution is -0.144. The van der Waals surface area contributed by atoms with Crippen LogP contribution >= 0.6 is 11.8 Å². The molecule has 208 valence electrons. The number of aromatic hydroxyl groups is 1. The SMILES string of the molecule is CCC(C)C(NC(=O)C(NC(=O)C(Cc1ccc(O)cc1)NC(=O)C(N)CCSC)C(C)CC)C(=O)O. The zero-order valence-electron chi connectivity index (χ0n) is 22.3. The molecule has 0 aromatic heterocycles. The molecule has 0 aliphatic heterocycles. The molecule has 10 nitrogen and oxygen atoms in total. The molecule has 0 saturated heterocycles. The van der Waals surface area contributed by atoms with Gasteiger partial charge in [-0.25, -0.2) is 4.79 Å². The van der Waals surface area contributed by atoms with E-state index < -0.39 is 47.9 Å². The fourth-order valence-corrected chi connectivity index (χ4v) is 4.10. The van der Waals surface area contributed by atoms with Crippen molar-refractivity contribution in [3.63, 3.8) is 0 Å². The Balaban J connectivity index is 3.16. The van der Waals surface area contributed by atoms with Gasteiger partial charge in [-0.3, -0.25) is 14.4 Å². The number of hydrogen-bond acceptors (Lipinski definition) is 7. The average molecular weight is 539 g/mol. The third-order valence-corrected chi connectivity index (χ3v) is 7.19. The van der Waals surface area contributed by atoms with E-state index in [2.05, 4.69) is 16.0 Å². The van der Waals surface area contributed by atoms with Gasteiger partial charge in [0.25, 0.3) is 0 Å². The van der Waals surface area contributed by atoms with Crippen LogP contribution < -0.4 is 21.7 Å². The Bertz CT molecular complexity index is 898. The van der Waals surface area contributed by atoms with Gasteiger partial charge in [-0.2, -0.15) is 11.8 Å². The molecule has 0 heterocycles. The first-order valence-electron chi connectivity index (χ1n) is 12.6. The standard InChI is InChI=1S/C26H42N4O6S/c1-6-15(3)21(25(34)30-22(26(35)36)16(4)7-2)29-24(33)20(14-17-8-10-18(31)11-9-17)28-23(32)19(27)12-13-37-5/h8-11,15-16,19-22,31H,6-7,12-14,27H2,1-5H3,(H,28,32)(H,29,33)(H,30,34)(H,35,36). The normalized spacial score (nSPS) is 15.9. The zero-order chi connectivity index (χ0) is 28.1. The molecule has 37 heavy (non-hydrogen) atoms. The molecule has 6 unspecified atom stereocenters. The first kappa shape index (κ1) is 32.2. The Hall–Kier alpha value is -2.79. The number of phenols is 1. The number of carboxylic acid groups (broad SMARTS) is 1. The molecule has 0 bridgehead atoms. The van der Waals surface area contributed by atoms with Gasteiger partial charge in [0.15, 0.2) is 0 Å². The van der Waals surface area contributed by atoms with Crippen LogP contribution in [0.4, 0.5) is 0 Å². The van der Waals surface area contributed by atoms with Crippen molar-refractivity contribution in [1.82, 2.24) is 16.0 Å². The molecule has 3 amide bonds. The lowest BCUT2D eigenvalue weighted by atomic mass is 9.94. The van der Waals surface area contributed by atoms with Gasteiger partial charge in [-0.15, -0.1) is 0 Å². The minimum absolute atomic E-state index is 0.0654. The van der Waals surface area contributed by atoms with Gasteiger partial charge < -0.3 is 31.9 Å². The molecule has 0 aliphatic rings. The molecule has 1 aromatic carbocycles. The number of amides is 3. The summed E-state index contributed by atoms with van der Waals surface area (Å²) < 4.78 is 0. The summed E-state index contributed by atoms with van der Waals surface area (Å²) in [5.74, 6) is -2.68. The van der Waals surface area contributed by atoms with Crippen LogP contribution in [0, 0.1) is 11.8 Å². The highest BCUT2D eigenvalue weighted by Crippen LogP contribution is 2.15. The third-order valence-electron chi connectivity index (χ3n) is 6.55. The van der Waals surface area contributed by atoms with E-state index in [1.165, 1.54) is 12.1 Å². The maximum absolute atomic E-state index is 13.4. The number of nitrogens with one attached hydrogen (secondary N) is 3. The van der Waals surface area contributed by atoms with Crippen LogP contribution in [0.3, 0.4) is 0 Å².